The Morgan fingerprint density at radius 3 is 2.67 bits per heavy atom. The van der Waals surface area contributed by atoms with E-state index in [0.717, 1.165) is 58.6 Å². The number of carboxylic acids is 1. The van der Waals surface area contributed by atoms with Crippen molar-refractivity contribution in [1.29, 1.82) is 0 Å². The van der Waals surface area contributed by atoms with Crippen LogP contribution in [-0.2, 0) is 0 Å². The molecule has 1 saturated carbocycles. The van der Waals surface area contributed by atoms with E-state index in [1.54, 1.807) is 23.0 Å². The number of carboxylic acid groups (broad SMARTS) is 1. The van der Waals surface area contributed by atoms with Crippen molar-refractivity contribution >= 4 is 40.7 Å². The lowest BCUT2D eigenvalue weighted by molar-refractivity contribution is -0.478. The van der Waals surface area contributed by atoms with Gasteiger partial charge in [0.05, 0.1) is 5.56 Å². The van der Waals surface area contributed by atoms with Gasteiger partial charge in [-0.1, -0.05) is 11.6 Å². The maximum absolute atomic E-state index is 14.5. The minimum atomic E-state index is -1.34. The minimum absolute atomic E-state index is 0.190. The summed E-state index contributed by atoms with van der Waals surface area (Å²) in [5.74, 6) is -0.228. The number of nitrogens with zero attached hydrogens (tertiary/aromatic N) is 2. The normalized spacial score (nSPS) is 15.6. The molecule has 7 heteroatoms. The lowest BCUT2D eigenvalue weighted by Crippen LogP contribution is -2.18. The Labute approximate surface area is 225 Å². The number of halogens is 1. The van der Waals surface area contributed by atoms with Crippen molar-refractivity contribution in [3.05, 3.63) is 99.8 Å². The molecule has 0 saturated heterocycles. The van der Waals surface area contributed by atoms with Gasteiger partial charge in [-0.3, -0.25) is 4.98 Å². The summed E-state index contributed by atoms with van der Waals surface area (Å²) in [6, 6.07) is 11.7. The summed E-state index contributed by atoms with van der Waals surface area (Å²) in [7, 11) is 0. The number of hydrogen-bond acceptors (Lipinski definition) is 4. The van der Waals surface area contributed by atoms with E-state index in [0.29, 0.717) is 17.3 Å². The lowest BCUT2D eigenvalue weighted by atomic mass is 9.79. The van der Waals surface area contributed by atoms with Crippen molar-refractivity contribution < 1.29 is 28.0 Å². The predicted molar refractivity (Wildman–Crippen MR) is 148 cm³/mol. The second kappa shape index (κ2) is 9.34. The van der Waals surface area contributed by atoms with E-state index in [1.807, 2.05) is 32.0 Å². The summed E-state index contributed by atoms with van der Waals surface area (Å²) in [6.45, 7) is 10.2. The van der Waals surface area contributed by atoms with Gasteiger partial charge in [0.2, 0.25) is 5.69 Å². The van der Waals surface area contributed by atoms with Gasteiger partial charge in [-0.05, 0) is 74.6 Å². The third-order valence-electron chi connectivity index (χ3n) is 7.73. The Morgan fingerprint density at radius 2 is 1.97 bits per heavy atom. The number of aromatic carboxylic acids is 1. The number of hydrogen-bond donors (Lipinski definition) is 1. The Kier molecular flexibility index (Phi) is 5.94. The average molecular weight is 524 g/mol. The number of allylic oxidation sites excluding steroid dienone is 3. The molecule has 0 bridgehead atoms. The fraction of sp³-hybridized carbons (Fsp3) is 0.219. The second-order valence-corrected chi connectivity index (χ2v) is 10.2. The molecular formula is C32H28FN2O4+. The molecule has 2 aliphatic rings. The molecule has 1 N–H and O–H groups in total. The quantitative estimate of drug-likeness (QED) is 0.213. The van der Waals surface area contributed by atoms with Crippen LogP contribution in [0.3, 0.4) is 0 Å². The van der Waals surface area contributed by atoms with Crippen molar-refractivity contribution in [3.8, 4) is 5.75 Å². The zero-order chi connectivity index (χ0) is 27.4. The maximum atomic E-state index is 14.5. The van der Waals surface area contributed by atoms with E-state index in [1.165, 1.54) is 17.2 Å². The Balaban J connectivity index is 1.52. The molecule has 1 fully saturated rings. The number of aryl methyl sites for hydroxylation is 1. The van der Waals surface area contributed by atoms with E-state index >= 15 is 0 Å². The van der Waals surface area contributed by atoms with Crippen LogP contribution in [0.4, 0.5) is 10.1 Å². The fourth-order valence-electron chi connectivity index (χ4n) is 5.54. The standard InChI is InChI=1S/C32H27FN2O4/c1-17-13-22(19(3)35(4)25-10-6-9-24(33)29(25)32(36)37)31-23(14-17)28(20-7-5-8-20)18(2)30(39-31)27-15-21-16-34-12-11-26(21)38-27/h6,9-16,19H,4-5,7-8H2,1-3H3/p+1/t19-/m1/s1. The molecule has 1 aliphatic carbocycles. The van der Waals surface area contributed by atoms with Crippen LogP contribution in [0.15, 0.2) is 70.4 Å². The largest absolute Gasteiger partial charge is 0.477 e. The van der Waals surface area contributed by atoms with Gasteiger partial charge in [0.25, 0.3) is 0 Å². The first-order valence-corrected chi connectivity index (χ1v) is 13.0. The number of fused-ring (bicyclic) bond motifs is 2. The molecule has 39 heavy (non-hydrogen) atoms. The minimum Gasteiger partial charge on any atom is -0.477 e. The summed E-state index contributed by atoms with van der Waals surface area (Å²) in [5, 5.41) is 10.6. The van der Waals surface area contributed by atoms with Crippen LogP contribution in [-0.4, -0.2) is 27.4 Å². The van der Waals surface area contributed by atoms with Gasteiger partial charge in [0, 0.05) is 41.9 Å². The summed E-state index contributed by atoms with van der Waals surface area (Å²) in [4.78, 5) is 16.1. The van der Waals surface area contributed by atoms with Gasteiger partial charge < -0.3 is 14.3 Å². The van der Waals surface area contributed by atoms with Gasteiger partial charge >= 0.3 is 5.97 Å². The highest BCUT2D eigenvalue weighted by molar-refractivity contribution is 5.96. The molecule has 0 radical (unpaired) electrons. The Bertz CT molecular complexity index is 1720. The molecule has 3 heterocycles. The second-order valence-electron chi connectivity index (χ2n) is 10.2. The zero-order valence-corrected chi connectivity index (χ0v) is 22.0. The highest BCUT2D eigenvalue weighted by Crippen LogP contribution is 2.50. The number of carbonyl (C=O) groups is 1. The zero-order valence-electron chi connectivity index (χ0n) is 22.0. The van der Waals surface area contributed by atoms with E-state index in [-0.39, 0.29) is 5.69 Å². The van der Waals surface area contributed by atoms with Crippen LogP contribution in [0, 0.1) is 12.7 Å². The highest BCUT2D eigenvalue weighted by atomic mass is 19.1. The molecule has 6 nitrogen and oxygen atoms in total. The summed E-state index contributed by atoms with van der Waals surface area (Å²) in [5.41, 5.74) is 6.91. The first kappa shape index (κ1) is 24.8. The molecule has 2 aromatic heterocycles. The maximum Gasteiger partial charge on any atom is 0.345 e. The van der Waals surface area contributed by atoms with Crippen molar-refractivity contribution in [3.63, 3.8) is 0 Å². The van der Waals surface area contributed by atoms with Crippen molar-refractivity contribution in [2.75, 3.05) is 0 Å². The number of benzene rings is 2. The smallest absolute Gasteiger partial charge is 0.345 e. The molecule has 0 spiro atoms. The molecule has 0 unspecified atom stereocenters. The number of furan rings is 1. The van der Waals surface area contributed by atoms with Crippen molar-refractivity contribution in [1.82, 2.24) is 4.98 Å². The van der Waals surface area contributed by atoms with Gasteiger partial charge in [-0.15, -0.1) is 0 Å². The third-order valence-corrected chi connectivity index (χ3v) is 7.73. The number of rotatable bonds is 5. The third kappa shape index (κ3) is 4.05. The topological polar surface area (TPSA) is 75.6 Å². The molecule has 4 aromatic rings. The Morgan fingerprint density at radius 1 is 1.18 bits per heavy atom. The predicted octanol–water partition coefficient (Wildman–Crippen LogP) is 7.84. The van der Waals surface area contributed by atoms with E-state index in [2.05, 4.69) is 24.7 Å². The first-order chi connectivity index (χ1) is 18.7. The van der Waals surface area contributed by atoms with Crippen LogP contribution in [0.5, 0.6) is 5.75 Å². The van der Waals surface area contributed by atoms with Gasteiger partial charge in [-0.25, -0.2) is 9.18 Å². The Hall–Kier alpha value is -4.52. The lowest BCUT2D eigenvalue weighted by Gasteiger charge is -2.31. The summed E-state index contributed by atoms with van der Waals surface area (Å²) in [6.07, 6.45) is 6.65. The van der Waals surface area contributed by atoms with E-state index in [4.69, 9.17) is 9.15 Å². The van der Waals surface area contributed by atoms with Crippen LogP contribution < -0.4 is 4.74 Å². The average Bonchev–Trinajstić information content (AvgIpc) is 3.31. The van der Waals surface area contributed by atoms with Crippen LogP contribution >= 0.6 is 0 Å². The number of aromatic nitrogens is 1. The SMILES string of the molecule is C=[N+](c1cccc(F)c1C(=O)O)[C@H](C)c1cc(C)cc2c1OC(c1cc3cnccc3o1)=C(C)C2=C1CCC1. The molecule has 1 aliphatic heterocycles. The number of pyridine rings is 1. The number of ether oxygens (including phenoxy) is 1. The summed E-state index contributed by atoms with van der Waals surface area (Å²) >= 11 is 0. The fourth-order valence-corrected chi connectivity index (χ4v) is 5.54. The van der Waals surface area contributed by atoms with Crippen molar-refractivity contribution in [2.45, 2.75) is 46.1 Å². The van der Waals surface area contributed by atoms with E-state index < -0.39 is 23.4 Å². The van der Waals surface area contributed by atoms with Gasteiger partial charge in [0.15, 0.2) is 23.1 Å². The molecule has 0 amide bonds. The monoisotopic (exact) mass is 523 g/mol. The summed E-state index contributed by atoms with van der Waals surface area (Å²) < 4.78 is 29.0. The van der Waals surface area contributed by atoms with E-state index in [9.17, 15) is 14.3 Å². The van der Waals surface area contributed by atoms with Gasteiger partial charge in [-0.2, -0.15) is 4.58 Å². The first-order valence-electron chi connectivity index (χ1n) is 13.0. The van der Waals surface area contributed by atoms with Crippen LogP contribution in [0.1, 0.15) is 72.0 Å². The molecule has 1 atom stereocenters. The van der Waals surface area contributed by atoms with Crippen LogP contribution in [0.25, 0.3) is 22.3 Å². The van der Waals surface area contributed by atoms with Gasteiger partial charge in [0.1, 0.15) is 23.9 Å². The molecule has 2 aromatic carbocycles. The molecule has 196 valence electrons. The highest BCUT2D eigenvalue weighted by Gasteiger charge is 2.35. The van der Waals surface area contributed by atoms with Crippen molar-refractivity contribution in [2.24, 2.45) is 0 Å². The molecular weight excluding hydrogens is 495 g/mol. The van der Waals surface area contributed by atoms with Crippen LogP contribution in [0.2, 0.25) is 0 Å². The molecule has 6 rings (SSSR count).